The van der Waals surface area contributed by atoms with Gasteiger partial charge in [0.1, 0.15) is 12.7 Å². The molecule has 0 fully saturated rings. The molecule has 2 amide bonds. The number of carbonyl (C=O) groups excluding carboxylic acids is 1. The zero-order valence-corrected chi connectivity index (χ0v) is 13.2. The highest BCUT2D eigenvalue weighted by Crippen LogP contribution is 2.29. The minimum Gasteiger partial charge on any atom is -0.334 e. The number of nitrogens with one attached hydrogen (secondary N) is 2. The Morgan fingerprint density at radius 3 is 2.77 bits per heavy atom. The van der Waals surface area contributed by atoms with Crippen LogP contribution in [0.15, 0.2) is 55.2 Å². The normalized spacial score (nSPS) is 11.2. The summed E-state index contributed by atoms with van der Waals surface area (Å²) >= 11 is 0. The Morgan fingerprint density at radius 1 is 1.19 bits per heavy atom. The van der Waals surface area contributed by atoms with E-state index in [-0.39, 0.29) is 6.54 Å². The monoisotopic (exact) mass is 362 g/mol. The highest BCUT2D eigenvalue weighted by atomic mass is 19.4. The van der Waals surface area contributed by atoms with Crippen LogP contribution in [0.3, 0.4) is 0 Å². The molecule has 0 unspecified atom stereocenters. The van der Waals surface area contributed by atoms with E-state index < -0.39 is 17.8 Å². The fourth-order valence-electron chi connectivity index (χ4n) is 2.20. The van der Waals surface area contributed by atoms with Crippen LogP contribution in [-0.2, 0) is 12.7 Å². The number of anilines is 1. The predicted molar refractivity (Wildman–Crippen MR) is 86.5 cm³/mol. The topological polar surface area (TPSA) is 84.7 Å². The maximum atomic E-state index is 12.7. The number of halogens is 3. The molecule has 0 radical (unpaired) electrons. The number of carbonyl (C=O) groups is 1. The molecule has 3 rings (SSSR count). The number of rotatable bonds is 4. The lowest BCUT2D eigenvalue weighted by Gasteiger charge is -2.12. The molecule has 0 aliphatic rings. The van der Waals surface area contributed by atoms with E-state index in [1.54, 1.807) is 12.1 Å². The quantitative estimate of drug-likeness (QED) is 0.747. The molecule has 2 aromatic heterocycles. The van der Waals surface area contributed by atoms with Crippen LogP contribution in [0.5, 0.6) is 0 Å². The summed E-state index contributed by atoms with van der Waals surface area (Å²) in [5, 5.41) is 9.04. The Balaban J connectivity index is 1.66. The molecule has 0 saturated carbocycles. The first-order chi connectivity index (χ1) is 12.4. The summed E-state index contributed by atoms with van der Waals surface area (Å²) in [6.45, 7) is -0.0608. The lowest BCUT2D eigenvalue weighted by molar-refractivity contribution is -0.137. The number of pyridine rings is 1. The van der Waals surface area contributed by atoms with Gasteiger partial charge in [-0.3, -0.25) is 0 Å². The van der Waals surface area contributed by atoms with Crippen molar-refractivity contribution in [2.45, 2.75) is 12.7 Å². The molecule has 1 aromatic carbocycles. The van der Waals surface area contributed by atoms with E-state index in [0.717, 1.165) is 12.1 Å². The summed E-state index contributed by atoms with van der Waals surface area (Å²) in [5.74, 6) is 0.360. The van der Waals surface area contributed by atoms with E-state index in [1.165, 1.54) is 35.7 Å². The van der Waals surface area contributed by atoms with Crippen LogP contribution in [0, 0.1) is 0 Å². The molecular weight excluding hydrogens is 349 g/mol. The molecule has 0 spiro atoms. The standard InChI is InChI=1S/C16H13F3N6O/c17-16(18,19)12-4-1-3-11(7-12)8-22-15(26)24-13-5-2-6-21-14(13)25-10-20-9-23-25/h1-7,9-10H,8H2,(H2,22,24,26). The van der Waals surface area contributed by atoms with Gasteiger partial charge in [-0.25, -0.2) is 19.4 Å². The van der Waals surface area contributed by atoms with Crippen LogP contribution in [0.1, 0.15) is 11.1 Å². The van der Waals surface area contributed by atoms with Crippen LogP contribution in [0.4, 0.5) is 23.7 Å². The predicted octanol–water partition coefficient (Wildman–Crippen LogP) is 3.00. The van der Waals surface area contributed by atoms with Gasteiger partial charge < -0.3 is 10.6 Å². The fourth-order valence-corrected chi connectivity index (χ4v) is 2.20. The zero-order valence-electron chi connectivity index (χ0n) is 13.2. The highest BCUT2D eigenvalue weighted by Gasteiger charge is 2.30. The number of nitrogens with zero attached hydrogens (tertiary/aromatic N) is 4. The summed E-state index contributed by atoms with van der Waals surface area (Å²) in [5.41, 5.74) is -0.0601. The summed E-state index contributed by atoms with van der Waals surface area (Å²) < 4.78 is 39.5. The Morgan fingerprint density at radius 2 is 2.04 bits per heavy atom. The van der Waals surface area contributed by atoms with Gasteiger partial charge in [0.15, 0.2) is 5.82 Å². The summed E-state index contributed by atoms with van der Waals surface area (Å²) in [6.07, 6.45) is -0.149. The first-order valence-electron chi connectivity index (χ1n) is 7.44. The average molecular weight is 362 g/mol. The van der Waals surface area contributed by atoms with Gasteiger partial charge in [-0.2, -0.15) is 18.3 Å². The van der Waals surface area contributed by atoms with Crippen LogP contribution >= 0.6 is 0 Å². The molecule has 0 bridgehead atoms. The van der Waals surface area contributed by atoms with Crippen molar-refractivity contribution in [3.8, 4) is 5.82 Å². The number of hydrogen-bond acceptors (Lipinski definition) is 4. The molecule has 10 heteroatoms. The van der Waals surface area contributed by atoms with Crippen LogP contribution < -0.4 is 10.6 Å². The van der Waals surface area contributed by atoms with Crippen molar-refractivity contribution in [1.82, 2.24) is 25.1 Å². The van der Waals surface area contributed by atoms with Crippen molar-refractivity contribution >= 4 is 11.7 Å². The van der Waals surface area contributed by atoms with Gasteiger partial charge in [0.2, 0.25) is 0 Å². The largest absolute Gasteiger partial charge is 0.416 e. The van der Waals surface area contributed by atoms with Gasteiger partial charge >= 0.3 is 12.2 Å². The van der Waals surface area contributed by atoms with E-state index >= 15 is 0 Å². The second-order valence-electron chi connectivity index (χ2n) is 5.22. The number of hydrogen-bond donors (Lipinski definition) is 2. The van der Waals surface area contributed by atoms with E-state index in [9.17, 15) is 18.0 Å². The van der Waals surface area contributed by atoms with Crippen molar-refractivity contribution in [2.75, 3.05) is 5.32 Å². The lowest BCUT2D eigenvalue weighted by Crippen LogP contribution is -2.29. The Hall–Kier alpha value is -3.43. The molecule has 0 aliphatic carbocycles. The molecule has 2 heterocycles. The van der Waals surface area contributed by atoms with Crippen LogP contribution in [0.25, 0.3) is 5.82 Å². The molecule has 0 atom stereocenters. The molecule has 26 heavy (non-hydrogen) atoms. The number of alkyl halides is 3. The third-order valence-corrected chi connectivity index (χ3v) is 3.38. The third-order valence-electron chi connectivity index (χ3n) is 3.38. The van der Waals surface area contributed by atoms with Gasteiger partial charge in [-0.15, -0.1) is 0 Å². The third kappa shape index (κ3) is 4.15. The Bertz CT molecular complexity index is 895. The molecule has 0 aliphatic heterocycles. The van der Waals surface area contributed by atoms with Crippen LogP contribution in [0.2, 0.25) is 0 Å². The van der Waals surface area contributed by atoms with Gasteiger partial charge in [0.25, 0.3) is 0 Å². The molecular formula is C16H13F3N6O. The number of aromatic nitrogens is 4. The van der Waals surface area contributed by atoms with E-state index in [4.69, 9.17) is 0 Å². The van der Waals surface area contributed by atoms with E-state index in [2.05, 4.69) is 25.7 Å². The molecule has 2 N–H and O–H groups in total. The molecule has 3 aromatic rings. The maximum absolute atomic E-state index is 12.7. The molecule has 7 nitrogen and oxygen atoms in total. The Kier molecular flexibility index (Phi) is 4.83. The second kappa shape index (κ2) is 7.21. The van der Waals surface area contributed by atoms with Crippen molar-refractivity contribution in [2.24, 2.45) is 0 Å². The first-order valence-corrected chi connectivity index (χ1v) is 7.44. The zero-order chi connectivity index (χ0) is 18.6. The lowest BCUT2D eigenvalue weighted by atomic mass is 10.1. The SMILES string of the molecule is O=C(NCc1cccc(C(F)(F)F)c1)Nc1cccnc1-n1cncn1. The second-order valence-corrected chi connectivity index (χ2v) is 5.22. The minimum absolute atomic E-state index is 0.0608. The van der Waals surface area contributed by atoms with Crippen molar-refractivity contribution in [1.29, 1.82) is 0 Å². The summed E-state index contributed by atoms with van der Waals surface area (Å²) in [6, 6.07) is 7.42. The van der Waals surface area contributed by atoms with Crippen molar-refractivity contribution in [3.05, 3.63) is 66.4 Å². The van der Waals surface area contributed by atoms with E-state index in [0.29, 0.717) is 17.1 Å². The fraction of sp³-hybridized carbons (Fsp3) is 0.125. The number of urea groups is 1. The summed E-state index contributed by atoms with van der Waals surface area (Å²) in [4.78, 5) is 20.0. The van der Waals surface area contributed by atoms with Gasteiger partial charge in [0.05, 0.1) is 11.3 Å². The Labute approximate surface area is 145 Å². The number of amides is 2. The average Bonchev–Trinajstić information content (AvgIpc) is 3.14. The minimum atomic E-state index is -4.43. The van der Waals surface area contributed by atoms with Gasteiger partial charge in [-0.05, 0) is 29.8 Å². The summed E-state index contributed by atoms with van der Waals surface area (Å²) in [7, 11) is 0. The van der Waals surface area contributed by atoms with Gasteiger partial charge in [-0.1, -0.05) is 12.1 Å². The van der Waals surface area contributed by atoms with E-state index in [1.807, 2.05) is 0 Å². The number of benzene rings is 1. The first kappa shape index (κ1) is 17.4. The smallest absolute Gasteiger partial charge is 0.334 e. The van der Waals surface area contributed by atoms with Crippen molar-refractivity contribution < 1.29 is 18.0 Å². The highest BCUT2D eigenvalue weighted by molar-refractivity contribution is 5.90. The van der Waals surface area contributed by atoms with Crippen LogP contribution in [-0.4, -0.2) is 25.8 Å². The molecule has 0 saturated heterocycles. The maximum Gasteiger partial charge on any atom is 0.416 e. The van der Waals surface area contributed by atoms with Gasteiger partial charge in [0, 0.05) is 12.7 Å². The van der Waals surface area contributed by atoms with Crippen molar-refractivity contribution in [3.63, 3.8) is 0 Å². The molecule has 134 valence electrons.